The largest absolute Gasteiger partial charge is 0.449 e. The molecule has 0 aliphatic carbocycles. The molecule has 1 saturated heterocycles. The lowest BCUT2D eigenvalue weighted by atomic mass is 10.2. The Bertz CT molecular complexity index is 488. The molecule has 0 bridgehead atoms. The molecule has 2 rings (SSSR count). The molecule has 23 heavy (non-hydrogen) atoms. The van der Waals surface area contributed by atoms with Gasteiger partial charge in [-0.2, -0.15) is 0 Å². The molecule has 1 amide bonds. The van der Waals surface area contributed by atoms with E-state index in [-0.39, 0.29) is 6.09 Å². The highest BCUT2D eigenvalue weighted by atomic mass is 16.6. The number of amides is 1. The number of carbonyl (C=O) groups is 1. The molecule has 1 aromatic rings. The van der Waals surface area contributed by atoms with Crippen LogP contribution in [0.15, 0.2) is 24.3 Å². The van der Waals surface area contributed by atoms with Gasteiger partial charge in [-0.25, -0.2) is 4.79 Å². The molecule has 0 radical (unpaired) electrons. The normalized spacial score (nSPS) is 15.3. The molecule has 0 unspecified atom stereocenters. The number of anilines is 2. The Kier molecular flexibility index (Phi) is 6.56. The van der Waals surface area contributed by atoms with Crippen molar-refractivity contribution >= 4 is 17.5 Å². The van der Waals surface area contributed by atoms with Crippen molar-refractivity contribution in [1.82, 2.24) is 4.90 Å². The monoisotopic (exact) mass is 319 g/mol. The van der Waals surface area contributed by atoms with Crippen LogP contribution in [0.3, 0.4) is 0 Å². The maximum absolute atomic E-state index is 12.1. The topological polar surface area (TPSA) is 36.0 Å². The Hall–Kier alpha value is -1.91. The zero-order chi connectivity index (χ0) is 16.7. The molecular formula is C18H29N3O2. The second-order valence-corrected chi connectivity index (χ2v) is 6.21. The Morgan fingerprint density at radius 3 is 2.52 bits per heavy atom. The average Bonchev–Trinajstić information content (AvgIpc) is 2.81. The second-order valence-electron chi connectivity index (χ2n) is 6.21. The summed E-state index contributed by atoms with van der Waals surface area (Å²) < 4.78 is 5.32. The third-order valence-corrected chi connectivity index (χ3v) is 4.21. The van der Waals surface area contributed by atoms with Crippen molar-refractivity contribution in [3.8, 4) is 0 Å². The van der Waals surface area contributed by atoms with Crippen molar-refractivity contribution in [3.63, 3.8) is 0 Å². The van der Waals surface area contributed by atoms with Crippen molar-refractivity contribution in [2.75, 3.05) is 56.7 Å². The van der Waals surface area contributed by atoms with E-state index in [0.29, 0.717) is 6.61 Å². The summed E-state index contributed by atoms with van der Waals surface area (Å²) in [7, 11) is 4.09. The van der Waals surface area contributed by atoms with Crippen LogP contribution in [0.5, 0.6) is 0 Å². The molecule has 1 aromatic carbocycles. The SMILES string of the molecule is CCCCOC(=O)N1CCCN(c2ccc(N(C)C)cc2)CC1. The van der Waals surface area contributed by atoms with Crippen LogP contribution in [0, 0.1) is 0 Å². The summed E-state index contributed by atoms with van der Waals surface area (Å²) in [6, 6.07) is 8.59. The van der Waals surface area contributed by atoms with E-state index in [1.807, 2.05) is 19.0 Å². The molecule has 1 aliphatic rings. The van der Waals surface area contributed by atoms with Gasteiger partial charge < -0.3 is 19.4 Å². The zero-order valence-electron chi connectivity index (χ0n) is 14.6. The van der Waals surface area contributed by atoms with Crippen LogP contribution < -0.4 is 9.80 Å². The Balaban J connectivity index is 1.89. The lowest BCUT2D eigenvalue weighted by molar-refractivity contribution is 0.103. The second kappa shape index (κ2) is 8.65. The van der Waals surface area contributed by atoms with Crippen molar-refractivity contribution in [2.24, 2.45) is 0 Å². The predicted molar refractivity (Wildman–Crippen MR) is 95.4 cm³/mol. The van der Waals surface area contributed by atoms with Crippen molar-refractivity contribution in [1.29, 1.82) is 0 Å². The fraction of sp³-hybridized carbons (Fsp3) is 0.611. The molecule has 1 heterocycles. The zero-order valence-corrected chi connectivity index (χ0v) is 14.6. The van der Waals surface area contributed by atoms with E-state index in [9.17, 15) is 4.79 Å². The first-order chi connectivity index (χ1) is 11.1. The lowest BCUT2D eigenvalue weighted by Gasteiger charge is -2.24. The van der Waals surface area contributed by atoms with Crippen molar-refractivity contribution in [2.45, 2.75) is 26.2 Å². The number of hydrogen-bond donors (Lipinski definition) is 0. The highest BCUT2D eigenvalue weighted by molar-refractivity contribution is 5.67. The molecule has 1 aliphatic heterocycles. The Morgan fingerprint density at radius 2 is 1.87 bits per heavy atom. The fourth-order valence-corrected chi connectivity index (χ4v) is 2.71. The van der Waals surface area contributed by atoms with Gasteiger partial charge in [0.05, 0.1) is 6.61 Å². The van der Waals surface area contributed by atoms with Gasteiger partial charge in [0.25, 0.3) is 0 Å². The van der Waals surface area contributed by atoms with Gasteiger partial charge in [-0.15, -0.1) is 0 Å². The predicted octanol–water partition coefficient (Wildman–Crippen LogP) is 3.20. The van der Waals surface area contributed by atoms with Gasteiger partial charge in [0.15, 0.2) is 0 Å². The summed E-state index contributed by atoms with van der Waals surface area (Å²) in [5, 5.41) is 0. The third kappa shape index (κ3) is 5.05. The van der Waals surface area contributed by atoms with Crippen LogP contribution in [0.1, 0.15) is 26.2 Å². The summed E-state index contributed by atoms with van der Waals surface area (Å²) in [4.78, 5) is 18.3. The lowest BCUT2D eigenvalue weighted by Crippen LogP contribution is -2.35. The smallest absolute Gasteiger partial charge is 0.409 e. The summed E-state index contributed by atoms with van der Waals surface area (Å²) in [6.45, 7) is 5.95. The molecule has 0 saturated carbocycles. The third-order valence-electron chi connectivity index (χ3n) is 4.21. The van der Waals surface area contributed by atoms with Gasteiger partial charge in [0.2, 0.25) is 0 Å². The quantitative estimate of drug-likeness (QED) is 0.781. The molecule has 128 valence electrons. The number of ether oxygens (including phenoxy) is 1. The van der Waals surface area contributed by atoms with E-state index in [4.69, 9.17) is 4.74 Å². The number of hydrogen-bond acceptors (Lipinski definition) is 4. The van der Waals surface area contributed by atoms with Crippen molar-refractivity contribution in [3.05, 3.63) is 24.3 Å². The highest BCUT2D eigenvalue weighted by Crippen LogP contribution is 2.21. The summed E-state index contributed by atoms with van der Waals surface area (Å²) in [5.41, 5.74) is 2.42. The van der Waals surface area contributed by atoms with Crippen LogP contribution in [-0.4, -0.2) is 57.9 Å². The molecule has 0 spiro atoms. The molecule has 0 atom stereocenters. The van der Waals surface area contributed by atoms with E-state index in [1.54, 1.807) is 0 Å². The van der Waals surface area contributed by atoms with Crippen LogP contribution >= 0.6 is 0 Å². The minimum atomic E-state index is -0.164. The molecule has 1 fully saturated rings. The summed E-state index contributed by atoms with van der Waals surface area (Å²) in [5.74, 6) is 0. The molecule has 5 heteroatoms. The fourth-order valence-electron chi connectivity index (χ4n) is 2.71. The number of nitrogens with zero attached hydrogens (tertiary/aromatic N) is 3. The van der Waals surface area contributed by atoms with Gasteiger partial charge >= 0.3 is 6.09 Å². The van der Waals surface area contributed by atoms with E-state index in [1.165, 1.54) is 11.4 Å². The summed E-state index contributed by atoms with van der Waals surface area (Å²) in [6.07, 6.45) is 2.79. The summed E-state index contributed by atoms with van der Waals surface area (Å²) >= 11 is 0. The van der Waals surface area contributed by atoms with Crippen LogP contribution in [0.25, 0.3) is 0 Å². The molecule has 0 aromatic heterocycles. The van der Waals surface area contributed by atoms with E-state index in [2.05, 4.69) is 41.0 Å². The first kappa shape index (κ1) is 17.4. The van der Waals surface area contributed by atoms with Gasteiger partial charge in [-0.1, -0.05) is 13.3 Å². The molecular weight excluding hydrogens is 290 g/mol. The minimum Gasteiger partial charge on any atom is -0.449 e. The van der Waals surface area contributed by atoms with E-state index >= 15 is 0 Å². The van der Waals surface area contributed by atoms with Crippen LogP contribution in [-0.2, 0) is 4.74 Å². The van der Waals surface area contributed by atoms with Gasteiger partial charge in [-0.3, -0.25) is 0 Å². The first-order valence-electron chi connectivity index (χ1n) is 8.56. The van der Waals surface area contributed by atoms with E-state index < -0.39 is 0 Å². The highest BCUT2D eigenvalue weighted by Gasteiger charge is 2.20. The number of carbonyl (C=O) groups excluding carboxylic acids is 1. The maximum Gasteiger partial charge on any atom is 0.409 e. The van der Waals surface area contributed by atoms with Gasteiger partial charge in [0, 0.05) is 51.6 Å². The first-order valence-corrected chi connectivity index (χ1v) is 8.56. The van der Waals surface area contributed by atoms with E-state index in [0.717, 1.165) is 45.4 Å². The van der Waals surface area contributed by atoms with Gasteiger partial charge in [-0.05, 0) is 37.1 Å². The minimum absolute atomic E-state index is 0.164. The average molecular weight is 319 g/mol. The number of rotatable bonds is 5. The number of benzene rings is 1. The van der Waals surface area contributed by atoms with Crippen LogP contribution in [0.2, 0.25) is 0 Å². The maximum atomic E-state index is 12.1. The van der Waals surface area contributed by atoms with Gasteiger partial charge in [0.1, 0.15) is 0 Å². The Labute approximate surface area is 139 Å². The molecule has 5 nitrogen and oxygen atoms in total. The van der Waals surface area contributed by atoms with Crippen LogP contribution in [0.4, 0.5) is 16.2 Å². The Morgan fingerprint density at radius 1 is 1.13 bits per heavy atom. The van der Waals surface area contributed by atoms with Crippen molar-refractivity contribution < 1.29 is 9.53 Å². The number of unbranched alkanes of at least 4 members (excludes halogenated alkanes) is 1. The standard InChI is InChI=1S/C18H29N3O2/c1-4-5-15-23-18(22)21-12-6-11-20(13-14-21)17-9-7-16(8-10-17)19(2)3/h7-10H,4-6,11-15H2,1-3H3. The molecule has 0 N–H and O–H groups in total.